The SMILES string of the molecule is BC1(c2ccc3c4cccc(-c5cc6ccccc6cn5)c4n4c5ccccc5c2c34)CCC(C)CC1. The molecule has 1 fully saturated rings. The van der Waals surface area contributed by atoms with Crippen molar-refractivity contribution in [1.29, 1.82) is 0 Å². The maximum atomic E-state index is 4.94. The Labute approximate surface area is 217 Å². The van der Waals surface area contributed by atoms with Gasteiger partial charge in [-0.15, -0.1) is 0 Å². The van der Waals surface area contributed by atoms with Crippen LogP contribution in [0.5, 0.6) is 0 Å². The third-order valence-corrected chi connectivity index (χ3v) is 9.30. The molecule has 3 heteroatoms. The molecule has 0 N–H and O–H groups in total. The van der Waals surface area contributed by atoms with E-state index >= 15 is 0 Å². The maximum Gasteiger partial charge on any atom is 0.115 e. The number of benzene rings is 4. The molecule has 8 rings (SSSR count). The summed E-state index contributed by atoms with van der Waals surface area (Å²) in [6.45, 7) is 2.41. The van der Waals surface area contributed by atoms with Crippen LogP contribution in [0.1, 0.15) is 38.2 Å². The molecule has 0 spiro atoms. The molecule has 0 aliphatic heterocycles. The van der Waals surface area contributed by atoms with Gasteiger partial charge in [-0.3, -0.25) is 4.98 Å². The van der Waals surface area contributed by atoms with Crippen molar-refractivity contribution in [3.63, 3.8) is 0 Å². The predicted octanol–water partition coefficient (Wildman–Crippen LogP) is 8.09. The summed E-state index contributed by atoms with van der Waals surface area (Å²) in [5, 5.41) is 8.12. The highest BCUT2D eigenvalue weighted by Gasteiger charge is 2.34. The van der Waals surface area contributed by atoms with E-state index in [1.54, 1.807) is 0 Å². The molecule has 2 nitrogen and oxygen atoms in total. The van der Waals surface area contributed by atoms with Gasteiger partial charge in [0, 0.05) is 38.7 Å². The third-order valence-electron chi connectivity index (χ3n) is 9.30. The fourth-order valence-electron chi connectivity index (χ4n) is 7.16. The van der Waals surface area contributed by atoms with Gasteiger partial charge in [0.25, 0.3) is 0 Å². The Morgan fingerprint density at radius 2 is 1.51 bits per heavy atom. The van der Waals surface area contributed by atoms with Crippen LogP contribution in [0.2, 0.25) is 0 Å². The number of hydrogen-bond acceptors (Lipinski definition) is 1. The molecule has 0 saturated heterocycles. The summed E-state index contributed by atoms with van der Waals surface area (Å²) in [7, 11) is 2.51. The maximum absolute atomic E-state index is 4.94. The second kappa shape index (κ2) is 7.58. The van der Waals surface area contributed by atoms with Crippen molar-refractivity contribution < 1.29 is 0 Å². The van der Waals surface area contributed by atoms with Crippen LogP contribution in [0.3, 0.4) is 0 Å². The molecular formula is C34H29BN2. The van der Waals surface area contributed by atoms with Crippen LogP contribution in [0.4, 0.5) is 0 Å². The van der Waals surface area contributed by atoms with E-state index in [1.165, 1.54) is 85.7 Å². The van der Waals surface area contributed by atoms with E-state index in [4.69, 9.17) is 4.98 Å². The van der Waals surface area contributed by atoms with Gasteiger partial charge < -0.3 is 4.40 Å². The quantitative estimate of drug-likeness (QED) is 0.231. The summed E-state index contributed by atoms with van der Waals surface area (Å²) in [6, 6.07) is 31.3. The Morgan fingerprint density at radius 3 is 2.38 bits per heavy atom. The first-order chi connectivity index (χ1) is 18.1. The van der Waals surface area contributed by atoms with Gasteiger partial charge in [-0.05, 0) is 34.3 Å². The fourth-order valence-corrected chi connectivity index (χ4v) is 7.16. The molecule has 0 atom stereocenters. The van der Waals surface area contributed by atoms with E-state index in [0.717, 1.165) is 11.6 Å². The number of hydrogen-bond donors (Lipinski definition) is 0. The summed E-state index contributed by atoms with van der Waals surface area (Å²) in [5.41, 5.74) is 7.70. The van der Waals surface area contributed by atoms with Crippen LogP contribution < -0.4 is 0 Å². The molecular weight excluding hydrogens is 447 g/mol. The van der Waals surface area contributed by atoms with Crippen LogP contribution >= 0.6 is 0 Å². The minimum absolute atomic E-state index is 0.220. The van der Waals surface area contributed by atoms with Crippen LogP contribution in [0, 0.1) is 5.92 Å². The molecule has 37 heavy (non-hydrogen) atoms. The molecule has 3 heterocycles. The van der Waals surface area contributed by atoms with Crippen molar-refractivity contribution in [1.82, 2.24) is 9.38 Å². The summed E-state index contributed by atoms with van der Waals surface area (Å²) < 4.78 is 2.54. The molecule has 0 unspecified atom stereocenters. The van der Waals surface area contributed by atoms with Gasteiger partial charge in [0.2, 0.25) is 0 Å². The zero-order valence-electron chi connectivity index (χ0n) is 21.5. The van der Waals surface area contributed by atoms with Gasteiger partial charge >= 0.3 is 0 Å². The number of nitrogens with zero attached hydrogens (tertiary/aromatic N) is 2. The Morgan fingerprint density at radius 1 is 0.784 bits per heavy atom. The Balaban J connectivity index is 1.50. The lowest BCUT2D eigenvalue weighted by atomic mass is 9.55. The van der Waals surface area contributed by atoms with Crippen molar-refractivity contribution in [3.8, 4) is 11.3 Å². The molecule has 0 bridgehead atoms. The summed E-state index contributed by atoms with van der Waals surface area (Å²) in [6.07, 6.45) is 7.17. The minimum atomic E-state index is 0.220. The number of para-hydroxylation sites is 2. The van der Waals surface area contributed by atoms with E-state index in [1.807, 2.05) is 6.20 Å². The van der Waals surface area contributed by atoms with Crippen LogP contribution in [0.15, 0.2) is 91.1 Å². The van der Waals surface area contributed by atoms with Gasteiger partial charge in [0.15, 0.2) is 0 Å². The number of rotatable bonds is 2. The van der Waals surface area contributed by atoms with Crippen molar-refractivity contribution in [2.24, 2.45) is 5.92 Å². The van der Waals surface area contributed by atoms with Crippen LogP contribution in [-0.2, 0) is 5.31 Å². The largest absolute Gasteiger partial charge is 0.307 e. The van der Waals surface area contributed by atoms with Crippen LogP contribution in [0.25, 0.3) is 60.1 Å². The topological polar surface area (TPSA) is 17.3 Å². The lowest BCUT2D eigenvalue weighted by Crippen LogP contribution is -2.31. The van der Waals surface area contributed by atoms with Crippen molar-refractivity contribution in [3.05, 3.63) is 96.7 Å². The van der Waals surface area contributed by atoms with E-state index in [-0.39, 0.29) is 5.31 Å². The summed E-state index contributed by atoms with van der Waals surface area (Å²) in [5.74, 6) is 0.834. The van der Waals surface area contributed by atoms with Gasteiger partial charge in [-0.2, -0.15) is 0 Å². The number of pyridine rings is 1. The third kappa shape index (κ3) is 2.91. The summed E-state index contributed by atoms with van der Waals surface area (Å²) >= 11 is 0. The Bertz CT molecular complexity index is 1970. The average Bonchev–Trinajstić information content (AvgIpc) is 3.46. The van der Waals surface area contributed by atoms with Crippen molar-refractivity contribution in [2.45, 2.75) is 37.9 Å². The first-order valence-electron chi connectivity index (χ1n) is 13.7. The van der Waals surface area contributed by atoms with Gasteiger partial charge in [0.05, 0.1) is 22.2 Å². The average molecular weight is 476 g/mol. The molecule has 4 aromatic carbocycles. The van der Waals surface area contributed by atoms with E-state index < -0.39 is 0 Å². The second-order valence-corrected chi connectivity index (χ2v) is 11.6. The molecule has 0 amide bonds. The van der Waals surface area contributed by atoms with E-state index in [9.17, 15) is 0 Å². The van der Waals surface area contributed by atoms with Gasteiger partial charge in [-0.1, -0.05) is 105 Å². The molecule has 7 aromatic rings. The molecule has 0 radical (unpaired) electrons. The van der Waals surface area contributed by atoms with Crippen LogP contribution in [-0.4, -0.2) is 17.2 Å². The Hall–Kier alpha value is -3.85. The van der Waals surface area contributed by atoms with Crippen molar-refractivity contribution >= 4 is 56.7 Å². The predicted molar refractivity (Wildman–Crippen MR) is 160 cm³/mol. The second-order valence-electron chi connectivity index (χ2n) is 11.6. The highest BCUT2D eigenvalue weighted by atomic mass is 14.9. The van der Waals surface area contributed by atoms with Gasteiger partial charge in [-0.25, -0.2) is 0 Å². The normalized spacial score (nSPS) is 20.6. The zero-order chi connectivity index (χ0) is 24.7. The van der Waals surface area contributed by atoms with E-state index in [2.05, 4.69) is 104 Å². The van der Waals surface area contributed by atoms with E-state index in [0.29, 0.717) is 0 Å². The molecule has 3 aromatic heterocycles. The fraction of sp³-hybridized carbons (Fsp3) is 0.206. The highest BCUT2D eigenvalue weighted by Crippen LogP contribution is 2.48. The standard InChI is InChI=1S/C34H29BN2/c1-21-15-17-34(35,18-16-21)28-14-13-25-24-10-6-11-26(29-19-22-7-2-3-8-23(22)20-36-29)32(24)37-30-12-5-4-9-27(30)31(28)33(25)37/h2-14,19-21H,15-18,35H2,1H3. The monoisotopic (exact) mass is 476 g/mol. The molecule has 1 aliphatic carbocycles. The highest BCUT2D eigenvalue weighted by molar-refractivity contribution is 6.28. The zero-order valence-corrected chi connectivity index (χ0v) is 21.5. The van der Waals surface area contributed by atoms with Crippen molar-refractivity contribution in [2.75, 3.05) is 0 Å². The Kier molecular flexibility index (Phi) is 4.36. The smallest absolute Gasteiger partial charge is 0.115 e. The summed E-state index contributed by atoms with van der Waals surface area (Å²) in [4.78, 5) is 4.94. The van der Waals surface area contributed by atoms with Gasteiger partial charge in [0.1, 0.15) is 7.85 Å². The number of fused-ring (bicyclic) bond motifs is 7. The molecule has 178 valence electrons. The lowest BCUT2D eigenvalue weighted by molar-refractivity contribution is 0.318. The number of aromatic nitrogens is 2. The molecule has 1 saturated carbocycles. The first-order valence-corrected chi connectivity index (χ1v) is 13.7. The first kappa shape index (κ1) is 21.3. The minimum Gasteiger partial charge on any atom is -0.307 e. The lowest BCUT2D eigenvalue weighted by Gasteiger charge is -2.37. The molecule has 1 aliphatic rings.